The van der Waals surface area contributed by atoms with E-state index in [1.165, 1.54) is 17.3 Å². The molecule has 2 unspecified atom stereocenters. The zero-order chi connectivity index (χ0) is 27.1. The Balaban J connectivity index is 1.55. The minimum Gasteiger partial charge on any atom is -0.494 e. The molecular formula is C27H36ClN7O2S. The predicted octanol–water partition coefficient (Wildman–Crippen LogP) is 5.08. The number of rotatable bonds is 11. The Hall–Kier alpha value is -2.89. The number of benzene rings is 2. The molecule has 38 heavy (non-hydrogen) atoms. The van der Waals surface area contributed by atoms with Gasteiger partial charge in [-0.1, -0.05) is 39.4 Å². The normalized spacial score (nSPS) is 16.7. The number of nitrogens with two attached hydrogens (primary N) is 1. The fraction of sp³-hybridized carbons (Fsp3) is 0.370. The minimum absolute atomic E-state index is 0.343. The van der Waals surface area contributed by atoms with Gasteiger partial charge >= 0.3 is 0 Å². The number of fused-ring (bicyclic) bond motifs is 1. The van der Waals surface area contributed by atoms with Crippen LogP contribution >= 0.6 is 11.6 Å². The molecule has 1 aromatic heterocycles. The molecule has 0 saturated carbocycles. The van der Waals surface area contributed by atoms with Gasteiger partial charge in [0.15, 0.2) is 5.82 Å². The molecule has 2 atom stereocenters. The number of methoxy groups -OCH3 is 2. The lowest BCUT2D eigenvalue weighted by molar-refractivity contribution is 0.193. The second-order valence-electron chi connectivity index (χ2n) is 9.31. The predicted molar refractivity (Wildman–Crippen MR) is 158 cm³/mol. The third-order valence-electron chi connectivity index (χ3n) is 6.49. The van der Waals surface area contributed by atoms with Crippen LogP contribution in [0.2, 0.25) is 5.02 Å². The van der Waals surface area contributed by atoms with Gasteiger partial charge in [0.05, 0.1) is 24.7 Å². The highest BCUT2D eigenvalue weighted by atomic mass is 35.5. The summed E-state index contributed by atoms with van der Waals surface area (Å²) in [5, 5.41) is 16.6. The van der Waals surface area contributed by atoms with Crippen LogP contribution in [-0.2, 0) is 27.2 Å². The van der Waals surface area contributed by atoms with Crippen LogP contribution in [-0.4, -0.2) is 49.3 Å². The van der Waals surface area contributed by atoms with Crippen molar-refractivity contribution in [1.82, 2.24) is 15.3 Å². The standard InChI is InChI=1S/C27H36ClN7O2S/c1-36-15-7-14-31-19-8-6-9-20-18(16-19)12-13-23(25(20)37-2)34-27-32-17-21(28)26(35-27)33-22-10-4-5-11-24(22)38(3,29)30/h4-5,10-13,17,19,31H,3,6-9,14-16H2,1-2H3,(H3,29,30)(H2,32,33,34,35). The number of nitrogens with zero attached hydrogens (tertiary/aromatic N) is 2. The first-order valence-electron chi connectivity index (χ1n) is 12.6. The average molecular weight is 558 g/mol. The van der Waals surface area contributed by atoms with Crippen molar-refractivity contribution in [3.8, 4) is 5.75 Å². The molecular weight excluding hydrogens is 522 g/mol. The number of anilines is 4. The molecule has 1 aliphatic rings. The van der Waals surface area contributed by atoms with Gasteiger partial charge in [-0.2, -0.15) is 4.98 Å². The van der Waals surface area contributed by atoms with E-state index in [9.17, 15) is 0 Å². The minimum atomic E-state index is -2.45. The molecule has 11 heteroatoms. The van der Waals surface area contributed by atoms with E-state index in [1.54, 1.807) is 20.3 Å². The molecule has 0 amide bonds. The number of nitrogens with one attached hydrogen (secondary N) is 4. The van der Waals surface area contributed by atoms with Crippen molar-refractivity contribution in [1.29, 1.82) is 4.78 Å². The molecule has 9 nitrogen and oxygen atoms in total. The van der Waals surface area contributed by atoms with E-state index in [2.05, 4.69) is 37.9 Å². The Labute approximate surface area is 230 Å². The first-order valence-corrected chi connectivity index (χ1v) is 14.8. The van der Waals surface area contributed by atoms with Crippen molar-refractivity contribution >= 4 is 50.2 Å². The van der Waals surface area contributed by atoms with E-state index in [1.807, 2.05) is 24.3 Å². The zero-order valence-corrected chi connectivity index (χ0v) is 23.4. The van der Waals surface area contributed by atoms with Crippen LogP contribution in [0, 0.1) is 4.78 Å². The summed E-state index contributed by atoms with van der Waals surface area (Å²) in [5.74, 6) is 5.39. The summed E-state index contributed by atoms with van der Waals surface area (Å²) in [6.07, 6.45) is 6.62. The molecule has 0 spiro atoms. The smallest absolute Gasteiger partial charge is 0.229 e. The van der Waals surface area contributed by atoms with Crippen molar-refractivity contribution < 1.29 is 9.47 Å². The Morgan fingerprint density at radius 1 is 1.18 bits per heavy atom. The maximum Gasteiger partial charge on any atom is 0.229 e. The molecule has 1 aliphatic carbocycles. The van der Waals surface area contributed by atoms with E-state index in [0.29, 0.717) is 33.4 Å². The third-order valence-corrected chi connectivity index (χ3v) is 7.91. The van der Waals surface area contributed by atoms with Crippen molar-refractivity contribution in [2.75, 3.05) is 38.0 Å². The van der Waals surface area contributed by atoms with E-state index < -0.39 is 9.60 Å². The monoisotopic (exact) mass is 557 g/mol. The van der Waals surface area contributed by atoms with E-state index >= 15 is 0 Å². The molecule has 1 heterocycles. The lowest BCUT2D eigenvalue weighted by atomic mass is 9.99. The molecule has 3 aromatic rings. The zero-order valence-electron chi connectivity index (χ0n) is 21.9. The van der Waals surface area contributed by atoms with Crippen molar-refractivity contribution in [2.45, 2.75) is 43.0 Å². The second-order valence-corrected chi connectivity index (χ2v) is 11.7. The summed E-state index contributed by atoms with van der Waals surface area (Å²) in [7, 11) is 0.981. The number of para-hydroxylation sites is 1. The van der Waals surface area contributed by atoms with Gasteiger partial charge in [0.25, 0.3) is 0 Å². The molecule has 0 radical (unpaired) electrons. The second kappa shape index (κ2) is 12.8. The summed E-state index contributed by atoms with van der Waals surface area (Å²) in [5.41, 5.74) is 3.94. The molecule has 6 N–H and O–H groups in total. The first-order chi connectivity index (χ1) is 18.3. The topological polar surface area (TPSA) is 130 Å². The van der Waals surface area contributed by atoms with Crippen molar-refractivity contribution in [2.24, 2.45) is 5.14 Å². The van der Waals surface area contributed by atoms with E-state index in [-0.39, 0.29) is 0 Å². The average Bonchev–Trinajstić information content (AvgIpc) is 3.10. The fourth-order valence-corrected chi connectivity index (χ4v) is 5.68. The van der Waals surface area contributed by atoms with Gasteiger partial charge in [-0.05, 0) is 73.8 Å². The highest BCUT2D eigenvalue weighted by molar-refractivity contribution is 7.99. The number of ether oxygens (including phenoxy) is 2. The maximum absolute atomic E-state index is 8.23. The molecule has 4 rings (SSSR count). The molecule has 0 saturated heterocycles. The SMILES string of the molecule is C=S(=N)(N)c1ccccc1Nc1nc(Nc2ccc3c(c2OC)CCCC(NCCCOC)C3)ncc1Cl. The van der Waals surface area contributed by atoms with Crippen LogP contribution in [0.1, 0.15) is 30.4 Å². The van der Waals surface area contributed by atoms with Crippen molar-refractivity contribution in [3.63, 3.8) is 0 Å². The summed E-state index contributed by atoms with van der Waals surface area (Å²) < 4.78 is 19.3. The van der Waals surface area contributed by atoms with Crippen LogP contribution in [0.3, 0.4) is 0 Å². The summed E-state index contributed by atoms with van der Waals surface area (Å²) >= 11 is 6.41. The van der Waals surface area contributed by atoms with Crippen LogP contribution in [0.5, 0.6) is 5.75 Å². The van der Waals surface area contributed by atoms with Gasteiger partial charge in [0.1, 0.15) is 10.8 Å². The van der Waals surface area contributed by atoms with Crippen LogP contribution < -0.4 is 25.8 Å². The molecule has 204 valence electrons. The summed E-state index contributed by atoms with van der Waals surface area (Å²) in [6, 6.07) is 11.9. The first kappa shape index (κ1) is 28.1. The van der Waals surface area contributed by atoms with Gasteiger partial charge < -0.3 is 25.4 Å². The Kier molecular flexibility index (Phi) is 9.45. The molecule has 0 bridgehead atoms. The lowest BCUT2D eigenvalue weighted by Gasteiger charge is -2.19. The Bertz CT molecular complexity index is 1370. The van der Waals surface area contributed by atoms with Gasteiger partial charge in [0.2, 0.25) is 5.95 Å². The van der Waals surface area contributed by atoms with E-state index in [4.69, 9.17) is 31.0 Å². The van der Waals surface area contributed by atoms with Gasteiger partial charge in [-0.25, -0.2) is 4.98 Å². The van der Waals surface area contributed by atoms with Crippen molar-refractivity contribution in [3.05, 3.63) is 58.7 Å². The van der Waals surface area contributed by atoms with Gasteiger partial charge in [-0.3, -0.25) is 9.92 Å². The van der Waals surface area contributed by atoms with Gasteiger partial charge in [0, 0.05) is 24.7 Å². The quantitative estimate of drug-likeness (QED) is 0.125. The van der Waals surface area contributed by atoms with Crippen LogP contribution in [0.4, 0.5) is 23.1 Å². The molecule has 2 aromatic carbocycles. The molecule has 0 aliphatic heterocycles. The third kappa shape index (κ3) is 6.95. The van der Waals surface area contributed by atoms with Gasteiger partial charge in [-0.15, -0.1) is 0 Å². The fourth-order valence-electron chi connectivity index (χ4n) is 4.71. The Morgan fingerprint density at radius 3 is 2.76 bits per heavy atom. The Morgan fingerprint density at radius 2 is 2.00 bits per heavy atom. The summed E-state index contributed by atoms with van der Waals surface area (Å²) in [6.45, 7) is 1.72. The van der Waals surface area contributed by atoms with Crippen LogP contribution in [0.15, 0.2) is 47.5 Å². The number of halogens is 1. The highest BCUT2D eigenvalue weighted by Gasteiger charge is 2.22. The number of hydrogen-bond donors (Lipinski definition) is 5. The largest absolute Gasteiger partial charge is 0.494 e. The molecule has 0 fully saturated rings. The van der Waals surface area contributed by atoms with E-state index in [0.717, 1.165) is 56.7 Å². The van der Waals surface area contributed by atoms with Crippen LogP contribution in [0.25, 0.3) is 0 Å². The summed E-state index contributed by atoms with van der Waals surface area (Å²) in [4.78, 5) is 9.57. The highest BCUT2D eigenvalue weighted by Crippen LogP contribution is 2.37. The maximum atomic E-state index is 8.23. The lowest BCUT2D eigenvalue weighted by Crippen LogP contribution is -2.31. The number of hydrogen-bond acceptors (Lipinski definition) is 8. The number of aromatic nitrogens is 2.